The summed E-state index contributed by atoms with van der Waals surface area (Å²) < 4.78 is 0. The number of rotatable bonds is 2. The van der Waals surface area contributed by atoms with Crippen molar-refractivity contribution < 1.29 is 0 Å². The van der Waals surface area contributed by atoms with E-state index in [4.69, 9.17) is 0 Å². The van der Waals surface area contributed by atoms with Crippen LogP contribution in [0.3, 0.4) is 0 Å². The molecular formula is C16H10N4. The fourth-order valence-corrected chi connectivity index (χ4v) is 1.90. The van der Waals surface area contributed by atoms with Crippen LogP contribution in [0.1, 0.15) is 5.69 Å². The maximum absolute atomic E-state index is 9.27. The van der Waals surface area contributed by atoms with E-state index < -0.39 is 0 Å². The van der Waals surface area contributed by atoms with Gasteiger partial charge in [-0.1, -0.05) is 60.7 Å². The first-order valence-electron chi connectivity index (χ1n) is 6.14. The minimum atomic E-state index is 0.282. The van der Waals surface area contributed by atoms with Crippen molar-refractivity contribution in [2.75, 3.05) is 0 Å². The molecule has 0 saturated carbocycles. The summed E-state index contributed by atoms with van der Waals surface area (Å²) in [7, 11) is 0. The zero-order valence-electron chi connectivity index (χ0n) is 10.6. The summed E-state index contributed by atoms with van der Waals surface area (Å²) in [6, 6.07) is 21.0. The molecule has 4 heteroatoms. The van der Waals surface area contributed by atoms with E-state index in [1.54, 1.807) is 0 Å². The Morgan fingerprint density at radius 1 is 0.750 bits per heavy atom. The Balaban J connectivity index is 2.11. The zero-order chi connectivity index (χ0) is 13.8. The summed E-state index contributed by atoms with van der Waals surface area (Å²) in [4.78, 5) is 4.30. The second-order valence-corrected chi connectivity index (χ2v) is 4.18. The van der Waals surface area contributed by atoms with Gasteiger partial charge in [0.1, 0.15) is 11.8 Å². The molecule has 0 aliphatic rings. The van der Waals surface area contributed by atoms with E-state index in [1.165, 1.54) is 0 Å². The molecule has 2 aromatic carbocycles. The Kier molecular flexibility index (Phi) is 3.17. The van der Waals surface area contributed by atoms with E-state index in [1.807, 2.05) is 60.7 Å². The van der Waals surface area contributed by atoms with Crippen LogP contribution in [0.5, 0.6) is 0 Å². The molecule has 0 atom stereocenters. The highest BCUT2D eigenvalue weighted by Crippen LogP contribution is 2.21. The minimum Gasteiger partial charge on any atom is -0.213 e. The third kappa shape index (κ3) is 2.25. The van der Waals surface area contributed by atoms with Crippen LogP contribution >= 0.6 is 0 Å². The molecule has 3 aromatic rings. The van der Waals surface area contributed by atoms with Crippen LogP contribution < -0.4 is 0 Å². The smallest absolute Gasteiger partial charge is 0.183 e. The summed E-state index contributed by atoms with van der Waals surface area (Å²) in [5.74, 6) is 0.460. The van der Waals surface area contributed by atoms with Gasteiger partial charge in [0, 0.05) is 11.1 Å². The van der Waals surface area contributed by atoms with E-state index in [2.05, 4.69) is 21.3 Å². The SMILES string of the molecule is N#Cc1nc(-c2ccccc2)nnc1-c1ccccc1. The highest BCUT2D eigenvalue weighted by molar-refractivity contribution is 5.65. The summed E-state index contributed by atoms with van der Waals surface area (Å²) in [6.07, 6.45) is 0. The lowest BCUT2D eigenvalue weighted by atomic mass is 10.1. The lowest BCUT2D eigenvalue weighted by molar-refractivity contribution is 0.975. The molecule has 3 rings (SSSR count). The van der Waals surface area contributed by atoms with Crippen molar-refractivity contribution in [1.82, 2.24) is 15.2 Å². The fraction of sp³-hybridized carbons (Fsp3) is 0. The largest absolute Gasteiger partial charge is 0.213 e. The maximum atomic E-state index is 9.27. The fourth-order valence-electron chi connectivity index (χ4n) is 1.90. The van der Waals surface area contributed by atoms with Gasteiger partial charge in [-0.15, -0.1) is 10.2 Å². The monoisotopic (exact) mass is 258 g/mol. The molecule has 0 saturated heterocycles. The number of benzene rings is 2. The molecule has 0 amide bonds. The van der Waals surface area contributed by atoms with Crippen LogP contribution in [0.4, 0.5) is 0 Å². The molecule has 0 radical (unpaired) electrons. The van der Waals surface area contributed by atoms with E-state index >= 15 is 0 Å². The molecule has 1 aromatic heterocycles. The van der Waals surface area contributed by atoms with Gasteiger partial charge in [-0.05, 0) is 0 Å². The van der Waals surface area contributed by atoms with Gasteiger partial charge >= 0.3 is 0 Å². The molecule has 1 heterocycles. The van der Waals surface area contributed by atoms with Crippen molar-refractivity contribution in [3.63, 3.8) is 0 Å². The summed E-state index contributed by atoms with van der Waals surface area (Å²) in [5.41, 5.74) is 2.47. The third-order valence-electron chi connectivity index (χ3n) is 2.87. The van der Waals surface area contributed by atoms with E-state index in [-0.39, 0.29) is 5.69 Å². The summed E-state index contributed by atoms with van der Waals surface area (Å²) in [5, 5.41) is 17.6. The van der Waals surface area contributed by atoms with Crippen LogP contribution in [0.25, 0.3) is 22.6 Å². The van der Waals surface area contributed by atoms with Crippen molar-refractivity contribution in [1.29, 1.82) is 5.26 Å². The molecule has 94 valence electrons. The van der Waals surface area contributed by atoms with E-state index in [0.29, 0.717) is 11.5 Å². The lowest BCUT2D eigenvalue weighted by Crippen LogP contribution is -2.00. The number of nitrogens with zero attached hydrogens (tertiary/aromatic N) is 4. The molecule has 4 nitrogen and oxygen atoms in total. The number of aromatic nitrogens is 3. The van der Waals surface area contributed by atoms with Gasteiger partial charge in [-0.2, -0.15) is 5.26 Å². The first kappa shape index (κ1) is 12.0. The predicted molar refractivity (Wildman–Crippen MR) is 75.4 cm³/mol. The van der Waals surface area contributed by atoms with Crippen LogP contribution in [0.15, 0.2) is 60.7 Å². The maximum Gasteiger partial charge on any atom is 0.183 e. The van der Waals surface area contributed by atoms with Crippen LogP contribution in [-0.2, 0) is 0 Å². The highest BCUT2D eigenvalue weighted by atomic mass is 15.2. The topological polar surface area (TPSA) is 62.5 Å². The molecule has 0 unspecified atom stereocenters. The van der Waals surface area contributed by atoms with Crippen molar-refractivity contribution in [2.24, 2.45) is 0 Å². The molecule has 20 heavy (non-hydrogen) atoms. The Labute approximate surface area is 116 Å². The van der Waals surface area contributed by atoms with Gasteiger partial charge in [-0.3, -0.25) is 0 Å². The Hall–Kier alpha value is -3.06. The predicted octanol–water partition coefficient (Wildman–Crippen LogP) is 3.08. The molecule has 0 spiro atoms. The van der Waals surface area contributed by atoms with Gasteiger partial charge in [0.15, 0.2) is 11.5 Å². The number of nitriles is 1. The van der Waals surface area contributed by atoms with Gasteiger partial charge in [0.25, 0.3) is 0 Å². The third-order valence-corrected chi connectivity index (χ3v) is 2.87. The molecule has 0 aliphatic carbocycles. The van der Waals surface area contributed by atoms with Crippen LogP contribution in [-0.4, -0.2) is 15.2 Å². The Morgan fingerprint density at radius 2 is 1.35 bits per heavy atom. The molecule has 0 N–H and O–H groups in total. The molecule has 0 bridgehead atoms. The standard InChI is InChI=1S/C16H10N4/c17-11-14-15(12-7-3-1-4-8-12)19-20-16(18-14)13-9-5-2-6-10-13/h1-10H. The number of hydrogen-bond donors (Lipinski definition) is 0. The number of hydrogen-bond acceptors (Lipinski definition) is 4. The van der Waals surface area contributed by atoms with Gasteiger partial charge in [-0.25, -0.2) is 4.98 Å². The quantitative estimate of drug-likeness (QED) is 0.708. The lowest BCUT2D eigenvalue weighted by Gasteiger charge is -2.04. The molecule has 0 aliphatic heterocycles. The molecule has 0 fully saturated rings. The van der Waals surface area contributed by atoms with Crippen molar-refractivity contribution in [2.45, 2.75) is 0 Å². The van der Waals surface area contributed by atoms with Crippen molar-refractivity contribution in [3.05, 3.63) is 66.4 Å². The summed E-state index contributed by atoms with van der Waals surface area (Å²) >= 11 is 0. The van der Waals surface area contributed by atoms with Crippen molar-refractivity contribution in [3.8, 4) is 28.7 Å². The normalized spacial score (nSPS) is 9.95. The zero-order valence-corrected chi connectivity index (χ0v) is 10.6. The summed E-state index contributed by atoms with van der Waals surface area (Å²) in [6.45, 7) is 0. The highest BCUT2D eigenvalue weighted by Gasteiger charge is 2.11. The van der Waals surface area contributed by atoms with E-state index in [9.17, 15) is 5.26 Å². The van der Waals surface area contributed by atoms with Crippen LogP contribution in [0, 0.1) is 11.3 Å². The first-order valence-corrected chi connectivity index (χ1v) is 6.14. The van der Waals surface area contributed by atoms with Gasteiger partial charge < -0.3 is 0 Å². The second-order valence-electron chi connectivity index (χ2n) is 4.18. The van der Waals surface area contributed by atoms with Crippen LogP contribution in [0.2, 0.25) is 0 Å². The van der Waals surface area contributed by atoms with E-state index in [0.717, 1.165) is 11.1 Å². The average Bonchev–Trinajstić information content (AvgIpc) is 2.56. The van der Waals surface area contributed by atoms with Gasteiger partial charge in [0.2, 0.25) is 0 Å². The minimum absolute atomic E-state index is 0.282. The molecular weight excluding hydrogens is 248 g/mol. The Bertz CT molecular complexity index is 761. The Morgan fingerprint density at radius 3 is 1.95 bits per heavy atom. The van der Waals surface area contributed by atoms with Gasteiger partial charge in [0.05, 0.1) is 0 Å². The first-order chi connectivity index (χ1) is 9.88. The average molecular weight is 258 g/mol. The van der Waals surface area contributed by atoms with Crippen molar-refractivity contribution >= 4 is 0 Å². The second kappa shape index (κ2) is 5.29.